The van der Waals surface area contributed by atoms with Gasteiger partial charge in [0.2, 0.25) is 0 Å². The molecule has 0 fully saturated rings. The molecule has 1 unspecified atom stereocenters. The van der Waals surface area contributed by atoms with E-state index < -0.39 is 39.6 Å². The van der Waals surface area contributed by atoms with Crippen LogP contribution in [0.1, 0.15) is 0 Å². The molecule has 1 atom stereocenters. The minimum absolute atomic E-state index is 0.574. The highest BCUT2D eigenvalue weighted by atomic mass is 32.2. The molecule has 0 aromatic heterocycles. The fraction of sp³-hybridized carbons (Fsp3) is 0.400. The van der Waals surface area contributed by atoms with E-state index in [0.29, 0.717) is 0 Å². The van der Waals surface area contributed by atoms with Crippen molar-refractivity contribution in [2.24, 2.45) is 0 Å². The standard InChI is InChI=1S/C10H7F8NO3S/c11-7(8(12,13)14)22-9(15,16)10(17,18)23(20,21)19-6-4-2-1-3-5-6/h1-5,7,19H. The van der Waals surface area contributed by atoms with Crippen molar-refractivity contribution in [3.63, 3.8) is 0 Å². The average Bonchev–Trinajstić information content (AvgIpc) is 2.37. The first-order chi connectivity index (χ1) is 10.2. The van der Waals surface area contributed by atoms with Crippen LogP contribution in [-0.2, 0) is 14.8 Å². The zero-order valence-electron chi connectivity index (χ0n) is 10.6. The molecule has 0 aliphatic rings. The first-order valence-electron chi connectivity index (χ1n) is 5.42. The second-order valence-electron chi connectivity index (χ2n) is 3.98. The number of rotatable bonds is 6. The summed E-state index contributed by atoms with van der Waals surface area (Å²) in [6.45, 7) is 0. The molecule has 0 bridgehead atoms. The molecule has 0 amide bonds. The molecule has 0 aliphatic carbocycles. The summed E-state index contributed by atoms with van der Waals surface area (Å²) >= 11 is 0. The lowest BCUT2D eigenvalue weighted by Gasteiger charge is -2.27. The van der Waals surface area contributed by atoms with Crippen LogP contribution in [0.15, 0.2) is 30.3 Å². The minimum Gasteiger partial charge on any atom is -0.278 e. The van der Waals surface area contributed by atoms with Gasteiger partial charge in [-0.1, -0.05) is 18.2 Å². The van der Waals surface area contributed by atoms with E-state index in [2.05, 4.69) is 4.74 Å². The Hall–Kier alpha value is -1.63. The van der Waals surface area contributed by atoms with Gasteiger partial charge >= 0.3 is 27.6 Å². The predicted octanol–water partition coefficient (Wildman–Crippen LogP) is 3.49. The Morgan fingerprint density at radius 2 is 1.43 bits per heavy atom. The fourth-order valence-electron chi connectivity index (χ4n) is 1.15. The van der Waals surface area contributed by atoms with Crippen LogP contribution >= 0.6 is 0 Å². The van der Waals surface area contributed by atoms with Gasteiger partial charge in [0, 0.05) is 5.69 Å². The second kappa shape index (κ2) is 6.11. The monoisotopic (exact) mass is 373 g/mol. The lowest BCUT2D eigenvalue weighted by molar-refractivity contribution is -0.393. The number of halogens is 8. The molecule has 13 heteroatoms. The average molecular weight is 373 g/mol. The molecule has 1 rings (SSSR count). The number of para-hydroxylation sites is 1. The molecule has 0 saturated carbocycles. The van der Waals surface area contributed by atoms with Gasteiger partial charge in [-0.3, -0.25) is 9.46 Å². The predicted molar refractivity (Wildman–Crippen MR) is 60.9 cm³/mol. The van der Waals surface area contributed by atoms with Crippen molar-refractivity contribution < 1.29 is 48.3 Å². The summed E-state index contributed by atoms with van der Waals surface area (Å²) in [6.07, 6.45) is -17.1. The van der Waals surface area contributed by atoms with E-state index >= 15 is 0 Å². The molecule has 4 nitrogen and oxygen atoms in total. The van der Waals surface area contributed by atoms with Crippen LogP contribution in [0.2, 0.25) is 0 Å². The molecule has 1 N–H and O–H groups in total. The number of ether oxygens (including phenoxy) is 1. The Balaban J connectivity index is 3.07. The van der Waals surface area contributed by atoms with Crippen LogP contribution in [0.5, 0.6) is 0 Å². The van der Waals surface area contributed by atoms with Crippen LogP contribution in [0.4, 0.5) is 40.8 Å². The van der Waals surface area contributed by atoms with Gasteiger partial charge in [-0.25, -0.2) is 4.39 Å². The van der Waals surface area contributed by atoms with Crippen molar-refractivity contribution in [3.8, 4) is 0 Å². The van der Waals surface area contributed by atoms with Crippen molar-refractivity contribution in [1.29, 1.82) is 0 Å². The van der Waals surface area contributed by atoms with Gasteiger partial charge in [0.25, 0.3) is 6.36 Å². The fourth-order valence-corrected chi connectivity index (χ4v) is 2.08. The lowest BCUT2D eigenvalue weighted by Crippen LogP contribution is -2.53. The van der Waals surface area contributed by atoms with Gasteiger partial charge in [0.15, 0.2) is 0 Å². The third-order valence-electron chi connectivity index (χ3n) is 2.21. The molecule has 0 aliphatic heterocycles. The molecule has 0 spiro atoms. The van der Waals surface area contributed by atoms with Crippen LogP contribution in [0, 0.1) is 0 Å². The van der Waals surface area contributed by atoms with Gasteiger partial charge in [-0.2, -0.15) is 39.2 Å². The van der Waals surface area contributed by atoms with Crippen molar-refractivity contribution in [3.05, 3.63) is 30.3 Å². The first kappa shape index (κ1) is 19.4. The normalized spacial score (nSPS) is 15.3. The third kappa shape index (κ3) is 4.22. The second-order valence-corrected chi connectivity index (χ2v) is 5.70. The van der Waals surface area contributed by atoms with Crippen LogP contribution < -0.4 is 4.72 Å². The number of hydrogen-bond donors (Lipinski definition) is 1. The van der Waals surface area contributed by atoms with E-state index in [9.17, 15) is 43.5 Å². The molecule has 132 valence electrons. The maximum absolute atomic E-state index is 13.4. The van der Waals surface area contributed by atoms with Crippen molar-refractivity contribution >= 4 is 15.7 Å². The maximum atomic E-state index is 13.4. The SMILES string of the molecule is O=S(=O)(Nc1ccccc1)C(F)(F)C(F)(F)OC(F)C(F)(F)F. The highest BCUT2D eigenvalue weighted by Crippen LogP contribution is 2.43. The molecular weight excluding hydrogens is 366 g/mol. The van der Waals surface area contributed by atoms with Crippen LogP contribution in [0.25, 0.3) is 0 Å². The minimum atomic E-state index is -6.29. The zero-order valence-corrected chi connectivity index (χ0v) is 11.4. The van der Waals surface area contributed by atoms with Crippen LogP contribution in [-0.4, -0.2) is 32.3 Å². The molecule has 0 heterocycles. The summed E-state index contributed by atoms with van der Waals surface area (Å²) in [4.78, 5) is 0. The van der Waals surface area contributed by atoms with Crippen molar-refractivity contribution in [2.45, 2.75) is 23.9 Å². The summed E-state index contributed by atoms with van der Waals surface area (Å²) in [5, 5.41) is -6.19. The van der Waals surface area contributed by atoms with E-state index in [4.69, 9.17) is 0 Å². The Morgan fingerprint density at radius 1 is 0.957 bits per heavy atom. The van der Waals surface area contributed by atoms with E-state index in [0.717, 1.165) is 29.0 Å². The highest BCUT2D eigenvalue weighted by molar-refractivity contribution is 7.93. The number of anilines is 1. The van der Waals surface area contributed by atoms with E-state index in [1.807, 2.05) is 0 Å². The topological polar surface area (TPSA) is 55.4 Å². The molecule has 0 radical (unpaired) electrons. The third-order valence-corrected chi connectivity index (χ3v) is 3.63. The summed E-state index contributed by atoms with van der Waals surface area (Å²) in [7, 11) is -6.25. The molecular formula is C10H7F8NO3S. The van der Waals surface area contributed by atoms with E-state index in [1.54, 1.807) is 0 Å². The van der Waals surface area contributed by atoms with E-state index in [-0.39, 0.29) is 0 Å². The smallest absolute Gasteiger partial charge is 0.278 e. The first-order valence-corrected chi connectivity index (χ1v) is 6.91. The summed E-state index contributed by atoms with van der Waals surface area (Å²) in [5.74, 6) is 0. The van der Waals surface area contributed by atoms with E-state index in [1.165, 1.54) is 6.07 Å². The summed E-state index contributed by atoms with van der Waals surface area (Å²) in [5.41, 5.74) is -0.574. The number of hydrogen-bond acceptors (Lipinski definition) is 3. The van der Waals surface area contributed by atoms with Gasteiger partial charge in [0.1, 0.15) is 0 Å². The number of nitrogens with one attached hydrogen (secondary N) is 1. The Morgan fingerprint density at radius 3 is 1.87 bits per heavy atom. The van der Waals surface area contributed by atoms with Gasteiger partial charge < -0.3 is 0 Å². The lowest BCUT2D eigenvalue weighted by atomic mass is 10.3. The number of alkyl halides is 8. The summed E-state index contributed by atoms with van der Waals surface area (Å²) < 4.78 is 126. The van der Waals surface area contributed by atoms with Crippen LogP contribution in [0.3, 0.4) is 0 Å². The van der Waals surface area contributed by atoms with Crippen molar-refractivity contribution in [1.82, 2.24) is 0 Å². The largest absolute Gasteiger partial charge is 0.453 e. The molecule has 0 saturated heterocycles. The number of sulfonamides is 1. The summed E-state index contributed by atoms with van der Waals surface area (Å²) in [6, 6.07) is 5.46. The highest BCUT2D eigenvalue weighted by Gasteiger charge is 2.70. The Kier molecular flexibility index (Phi) is 5.16. The maximum Gasteiger partial charge on any atom is 0.453 e. The van der Waals surface area contributed by atoms with Crippen molar-refractivity contribution in [2.75, 3.05) is 4.72 Å². The number of benzene rings is 1. The Labute approximate surface area is 124 Å². The Bertz CT molecular complexity index is 631. The molecule has 23 heavy (non-hydrogen) atoms. The quantitative estimate of drug-likeness (QED) is 0.777. The van der Waals surface area contributed by atoms with Gasteiger partial charge in [0.05, 0.1) is 0 Å². The molecule has 1 aromatic carbocycles. The molecule has 1 aromatic rings. The van der Waals surface area contributed by atoms with Gasteiger partial charge in [-0.15, -0.1) is 0 Å². The zero-order chi connectivity index (χ0) is 18.1. The van der Waals surface area contributed by atoms with Gasteiger partial charge in [-0.05, 0) is 12.1 Å².